The molecule has 100 valence electrons. The zero-order chi connectivity index (χ0) is 13.0. The first kappa shape index (κ1) is 13.4. The minimum atomic E-state index is -0.322. The molecule has 1 amide bonds. The van der Waals surface area contributed by atoms with Crippen molar-refractivity contribution in [2.45, 2.75) is 43.7 Å². The van der Waals surface area contributed by atoms with E-state index in [1.165, 1.54) is 43.9 Å². The smallest absolute Gasteiger partial charge is 0.227 e. The third-order valence-electron chi connectivity index (χ3n) is 3.46. The molecule has 0 aromatic carbocycles. The molecule has 2 N–H and O–H groups in total. The van der Waals surface area contributed by atoms with Crippen LogP contribution in [0.25, 0.3) is 0 Å². The van der Waals surface area contributed by atoms with Crippen molar-refractivity contribution in [2.24, 2.45) is 18.7 Å². The van der Waals surface area contributed by atoms with E-state index in [1.807, 2.05) is 11.6 Å². The summed E-state index contributed by atoms with van der Waals surface area (Å²) in [5.74, 6) is 1.71. The lowest BCUT2D eigenvalue weighted by Crippen LogP contribution is -2.14. The van der Waals surface area contributed by atoms with Gasteiger partial charge in [-0.15, -0.1) is 10.2 Å². The number of hydrogen-bond donors (Lipinski definition) is 1. The molecule has 1 aromatic heterocycles. The topological polar surface area (TPSA) is 73.8 Å². The van der Waals surface area contributed by atoms with E-state index in [0.717, 1.165) is 23.3 Å². The molecule has 1 aliphatic carbocycles. The summed E-state index contributed by atoms with van der Waals surface area (Å²) in [6, 6.07) is 0. The molecule has 0 atom stereocenters. The largest absolute Gasteiger partial charge is 0.369 e. The summed E-state index contributed by atoms with van der Waals surface area (Å²) in [6.07, 6.45) is 7.65. The molecule has 6 heteroatoms. The minimum absolute atomic E-state index is 0.259. The van der Waals surface area contributed by atoms with E-state index in [9.17, 15) is 4.79 Å². The average molecular weight is 268 g/mol. The second-order valence-corrected chi connectivity index (χ2v) is 5.86. The molecule has 0 aliphatic heterocycles. The highest BCUT2D eigenvalue weighted by molar-refractivity contribution is 7.99. The maximum Gasteiger partial charge on any atom is 0.227 e. The summed E-state index contributed by atoms with van der Waals surface area (Å²) < 4.78 is 1.99. The fraction of sp³-hybridized carbons (Fsp3) is 0.750. The number of nitrogens with two attached hydrogens (primary N) is 1. The quantitative estimate of drug-likeness (QED) is 0.822. The number of carbonyl (C=O) groups is 1. The Bertz CT molecular complexity index is 412. The predicted octanol–water partition coefficient (Wildman–Crippen LogP) is 1.52. The number of hydrogen-bond acceptors (Lipinski definition) is 4. The number of primary amides is 1. The Kier molecular flexibility index (Phi) is 4.63. The highest BCUT2D eigenvalue weighted by Gasteiger charge is 2.18. The van der Waals surface area contributed by atoms with E-state index in [1.54, 1.807) is 0 Å². The predicted molar refractivity (Wildman–Crippen MR) is 71.2 cm³/mol. The fourth-order valence-electron chi connectivity index (χ4n) is 2.43. The van der Waals surface area contributed by atoms with Crippen LogP contribution in [0.2, 0.25) is 0 Å². The third kappa shape index (κ3) is 3.48. The van der Waals surface area contributed by atoms with Crippen molar-refractivity contribution in [2.75, 3.05) is 5.75 Å². The van der Waals surface area contributed by atoms with Crippen molar-refractivity contribution >= 4 is 17.7 Å². The van der Waals surface area contributed by atoms with Gasteiger partial charge in [0.2, 0.25) is 5.91 Å². The van der Waals surface area contributed by atoms with E-state index in [2.05, 4.69) is 10.2 Å². The maximum atomic E-state index is 10.8. The number of rotatable bonds is 5. The first-order chi connectivity index (χ1) is 8.66. The van der Waals surface area contributed by atoms with Gasteiger partial charge in [0, 0.05) is 13.5 Å². The van der Waals surface area contributed by atoms with Gasteiger partial charge in [-0.3, -0.25) is 4.79 Å². The summed E-state index contributed by atoms with van der Waals surface area (Å²) in [4.78, 5) is 10.8. The fourth-order valence-corrected chi connectivity index (χ4v) is 3.10. The summed E-state index contributed by atoms with van der Waals surface area (Å²) in [5, 5.41) is 9.13. The molecule has 5 nitrogen and oxygen atoms in total. The molecule has 1 heterocycles. The van der Waals surface area contributed by atoms with Crippen LogP contribution < -0.4 is 5.73 Å². The number of carbonyl (C=O) groups excluding carboxylic acids is 1. The van der Waals surface area contributed by atoms with Gasteiger partial charge < -0.3 is 10.3 Å². The number of amides is 1. The lowest BCUT2D eigenvalue weighted by Gasteiger charge is -2.20. The summed E-state index contributed by atoms with van der Waals surface area (Å²) in [5.41, 5.74) is 5.13. The van der Waals surface area contributed by atoms with Gasteiger partial charge in [-0.1, -0.05) is 43.9 Å². The summed E-state index contributed by atoms with van der Waals surface area (Å²) in [7, 11) is 1.96. The van der Waals surface area contributed by atoms with E-state index >= 15 is 0 Å². The highest BCUT2D eigenvalue weighted by Crippen LogP contribution is 2.27. The summed E-state index contributed by atoms with van der Waals surface area (Å²) >= 11 is 1.35. The van der Waals surface area contributed by atoms with Gasteiger partial charge >= 0.3 is 0 Å². The molecule has 1 aromatic rings. The first-order valence-corrected chi connectivity index (χ1v) is 7.44. The van der Waals surface area contributed by atoms with Crippen LogP contribution in [0.3, 0.4) is 0 Å². The average Bonchev–Trinajstić information content (AvgIpc) is 2.70. The Morgan fingerprint density at radius 3 is 2.78 bits per heavy atom. The van der Waals surface area contributed by atoms with Gasteiger partial charge in [0.15, 0.2) is 5.16 Å². The highest BCUT2D eigenvalue weighted by atomic mass is 32.2. The molecule has 0 unspecified atom stereocenters. The monoisotopic (exact) mass is 268 g/mol. The summed E-state index contributed by atoms with van der Waals surface area (Å²) in [6.45, 7) is 0. The van der Waals surface area contributed by atoms with Crippen LogP contribution in [0.15, 0.2) is 5.16 Å². The van der Waals surface area contributed by atoms with E-state index < -0.39 is 0 Å². The van der Waals surface area contributed by atoms with Crippen molar-refractivity contribution in [3.8, 4) is 0 Å². The zero-order valence-corrected chi connectivity index (χ0v) is 11.6. The van der Waals surface area contributed by atoms with E-state index in [-0.39, 0.29) is 11.7 Å². The Morgan fingerprint density at radius 2 is 2.11 bits per heavy atom. The molecule has 0 saturated heterocycles. The molecule has 0 spiro atoms. The molecule has 2 rings (SSSR count). The van der Waals surface area contributed by atoms with Gasteiger partial charge in [0.25, 0.3) is 0 Å². The molecule has 1 saturated carbocycles. The number of aromatic nitrogens is 3. The van der Waals surface area contributed by atoms with Crippen LogP contribution in [0.1, 0.15) is 37.9 Å². The van der Waals surface area contributed by atoms with Crippen molar-refractivity contribution in [3.05, 3.63) is 5.82 Å². The van der Waals surface area contributed by atoms with Crippen LogP contribution in [0.4, 0.5) is 0 Å². The van der Waals surface area contributed by atoms with Crippen molar-refractivity contribution < 1.29 is 4.79 Å². The minimum Gasteiger partial charge on any atom is -0.369 e. The standard InChI is InChI=1S/C12H20N4OS/c1-16-11(7-9-5-3-2-4-6-9)14-15-12(16)18-8-10(13)17/h9H,2-8H2,1H3,(H2,13,17). The van der Waals surface area contributed by atoms with Crippen LogP contribution in [-0.2, 0) is 18.3 Å². The zero-order valence-electron chi connectivity index (χ0n) is 10.8. The normalized spacial score (nSPS) is 16.9. The molecule has 0 bridgehead atoms. The lowest BCUT2D eigenvalue weighted by atomic mass is 9.87. The van der Waals surface area contributed by atoms with E-state index in [0.29, 0.717) is 0 Å². The molecule has 1 aliphatic rings. The molecule has 0 radical (unpaired) electrons. The van der Waals surface area contributed by atoms with Gasteiger partial charge in [-0.25, -0.2) is 0 Å². The van der Waals surface area contributed by atoms with Crippen molar-refractivity contribution in [1.29, 1.82) is 0 Å². The Labute approximate surface area is 112 Å². The Balaban J connectivity index is 1.94. The molecular weight excluding hydrogens is 248 g/mol. The number of thioether (sulfide) groups is 1. The first-order valence-electron chi connectivity index (χ1n) is 6.46. The van der Waals surface area contributed by atoms with Crippen LogP contribution in [-0.4, -0.2) is 26.4 Å². The Morgan fingerprint density at radius 1 is 1.39 bits per heavy atom. The lowest BCUT2D eigenvalue weighted by molar-refractivity contribution is -0.115. The maximum absolute atomic E-state index is 10.8. The molecule has 1 fully saturated rings. The van der Waals surface area contributed by atoms with Crippen molar-refractivity contribution in [3.63, 3.8) is 0 Å². The second-order valence-electron chi connectivity index (χ2n) is 4.92. The third-order valence-corrected chi connectivity index (χ3v) is 4.51. The van der Waals surface area contributed by atoms with Crippen LogP contribution in [0, 0.1) is 5.92 Å². The molecular formula is C12H20N4OS. The Hall–Kier alpha value is -1.04. The molecule has 18 heavy (non-hydrogen) atoms. The van der Waals surface area contributed by atoms with Gasteiger partial charge in [0.1, 0.15) is 5.82 Å². The van der Waals surface area contributed by atoms with Crippen LogP contribution in [0.5, 0.6) is 0 Å². The van der Waals surface area contributed by atoms with Crippen molar-refractivity contribution in [1.82, 2.24) is 14.8 Å². The van der Waals surface area contributed by atoms with Gasteiger partial charge in [-0.2, -0.15) is 0 Å². The van der Waals surface area contributed by atoms with Gasteiger partial charge in [0.05, 0.1) is 5.75 Å². The number of nitrogens with zero attached hydrogens (tertiary/aromatic N) is 3. The van der Waals surface area contributed by atoms with E-state index in [4.69, 9.17) is 5.73 Å². The van der Waals surface area contributed by atoms with Gasteiger partial charge in [-0.05, 0) is 5.92 Å². The SMILES string of the molecule is Cn1c(CC2CCCCC2)nnc1SCC(N)=O. The second kappa shape index (κ2) is 6.22. The van der Waals surface area contributed by atoms with Crippen LogP contribution >= 0.6 is 11.8 Å².